The molecule has 360 valence electrons. The molecule has 1 spiro atoms. The molecular formula is C50H76O14. The zero-order chi connectivity index (χ0) is 46.1. The third-order valence-electron chi connectivity index (χ3n) is 14.9. The normalized spacial score (nSPS) is 47.6. The van der Waals surface area contributed by atoms with Crippen LogP contribution in [-0.2, 0) is 52.2 Å². The highest BCUT2D eigenvalue weighted by molar-refractivity contribution is 5.78. The molecule has 0 amide bonds. The molecule has 0 saturated carbocycles. The van der Waals surface area contributed by atoms with E-state index in [1.807, 2.05) is 32.1 Å². The first kappa shape index (κ1) is 49.6. The van der Waals surface area contributed by atoms with Crippen LogP contribution in [0.4, 0.5) is 0 Å². The number of hydrogen-bond donors (Lipinski definition) is 3. The second-order valence-corrected chi connectivity index (χ2v) is 19.9. The Bertz CT molecular complexity index is 1760. The van der Waals surface area contributed by atoms with E-state index < -0.39 is 72.5 Å². The van der Waals surface area contributed by atoms with E-state index in [2.05, 4.69) is 46.8 Å². The number of methoxy groups -OCH3 is 2. The van der Waals surface area contributed by atoms with Crippen molar-refractivity contribution in [1.29, 1.82) is 0 Å². The maximum Gasteiger partial charge on any atom is 0.316 e. The molecule has 0 aromatic heterocycles. The number of esters is 1. The van der Waals surface area contributed by atoms with Crippen LogP contribution in [0.15, 0.2) is 59.3 Å². The van der Waals surface area contributed by atoms with Crippen LogP contribution in [0.1, 0.15) is 100 Å². The van der Waals surface area contributed by atoms with E-state index in [0.29, 0.717) is 49.7 Å². The van der Waals surface area contributed by atoms with Crippen molar-refractivity contribution in [3.63, 3.8) is 0 Å². The minimum atomic E-state index is -1.83. The maximum absolute atomic E-state index is 14.3. The van der Waals surface area contributed by atoms with Crippen molar-refractivity contribution in [1.82, 2.24) is 0 Å². The highest BCUT2D eigenvalue weighted by atomic mass is 16.7. The molecule has 14 nitrogen and oxygen atoms in total. The van der Waals surface area contributed by atoms with Gasteiger partial charge in [-0.15, -0.1) is 0 Å². The van der Waals surface area contributed by atoms with E-state index in [9.17, 15) is 20.1 Å². The van der Waals surface area contributed by atoms with Crippen LogP contribution in [0.3, 0.4) is 0 Å². The van der Waals surface area contributed by atoms with E-state index in [0.717, 1.165) is 12.0 Å². The van der Waals surface area contributed by atoms with Crippen LogP contribution < -0.4 is 0 Å². The summed E-state index contributed by atoms with van der Waals surface area (Å²) in [4.78, 5) is 14.3. The Morgan fingerprint density at radius 2 is 1.61 bits per heavy atom. The molecule has 3 N–H and O–H groups in total. The van der Waals surface area contributed by atoms with Gasteiger partial charge in [-0.2, -0.15) is 0 Å². The number of aliphatic hydroxyl groups excluding tert-OH is 2. The van der Waals surface area contributed by atoms with Crippen LogP contribution in [0, 0.1) is 29.6 Å². The highest BCUT2D eigenvalue weighted by Crippen LogP contribution is 2.47. The molecule has 0 unspecified atom stereocenters. The van der Waals surface area contributed by atoms with Gasteiger partial charge in [0.2, 0.25) is 0 Å². The average molecular weight is 901 g/mol. The van der Waals surface area contributed by atoms with Crippen LogP contribution in [0.2, 0.25) is 0 Å². The third-order valence-corrected chi connectivity index (χ3v) is 14.9. The van der Waals surface area contributed by atoms with Crippen LogP contribution >= 0.6 is 0 Å². The Kier molecular flexibility index (Phi) is 16.2. The summed E-state index contributed by atoms with van der Waals surface area (Å²) >= 11 is 0. The summed E-state index contributed by atoms with van der Waals surface area (Å²) in [5.74, 6) is -2.45. The quantitative estimate of drug-likeness (QED) is 0.172. The standard InChI is InChI=1S/C50H76O14/c1-27(2)44-30(5)18-19-49(64-44)25-36-22-35(63-49)17-16-29(4)45(28(3)13-11-14-34-26-57-47-43(52)31(6)21-38(48(53)60-36)50(34,47)54)61-42-24-40(56-10)46(33(8)59-42)62-41-23-39(55-9)37(15-12-20-51)32(7)58-41/h11,13-14,16,18-19,21,27-28,30,32-33,35-47,51-52,54H,12,15,17,20,22-26H2,1-10H3/b13-11+,29-16+,34-14+/t28-,30-,32-,33-,35+,36-,37-,38-,39-,40-,41-,42-,43+,44+,45-,46-,47+,49+,50+/m0/s1. The first-order valence-corrected chi connectivity index (χ1v) is 23.8. The van der Waals surface area contributed by atoms with Gasteiger partial charge in [0.05, 0.1) is 49.3 Å². The lowest BCUT2D eigenvalue weighted by Crippen LogP contribution is -2.58. The van der Waals surface area contributed by atoms with Gasteiger partial charge < -0.3 is 62.7 Å². The lowest BCUT2D eigenvalue weighted by molar-refractivity contribution is -0.315. The number of ether oxygens (including phenoxy) is 10. The summed E-state index contributed by atoms with van der Waals surface area (Å²) < 4.78 is 64.6. The van der Waals surface area contributed by atoms with E-state index in [1.54, 1.807) is 33.3 Å². The molecule has 6 heterocycles. The Hall–Kier alpha value is -2.31. The van der Waals surface area contributed by atoms with Gasteiger partial charge in [0.25, 0.3) is 0 Å². The Balaban J connectivity index is 1.15. The fourth-order valence-corrected chi connectivity index (χ4v) is 11.3. The van der Waals surface area contributed by atoms with Gasteiger partial charge in [0.15, 0.2) is 18.4 Å². The summed E-state index contributed by atoms with van der Waals surface area (Å²) in [7, 11) is 3.39. The summed E-state index contributed by atoms with van der Waals surface area (Å²) in [5.41, 5.74) is 0.152. The van der Waals surface area contributed by atoms with E-state index in [-0.39, 0.29) is 67.4 Å². The number of rotatable bonds is 10. The molecule has 7 aliphatic rings. The molecule has 0 aromatic rings. The van der Waals surface area contributed by atoms with Gasteiger partial charge in [0.1, 0.15) is 35.9 Å². The smallest absolute Gasteiger partial charge is 0.316 e. The first-order valence-electron chi connectivity index (χ1n) is 23.8. The van der Waals surface area contributed by atoms with Crippen molar-refractivity contribution >= 4 is 5.97 Å². The lowest BCUT2D eigenvalue weighted by Gasteiger charge is -2.48. The van der Waals surface area contributed by atoms with E-state index >= 15 is 0 Å². The number of carbonyl (C=O) groups excluding carboxylic acids is 1. The molecular weight excluding hydrogens is 825 g/mol. The molecule has 64 heavy (non-hydrogen) atoms. The van der Waals surface area contributed by atoms with Crippen LogP contribution in [-0.4, -0.2) is 140 Å². The van der Waals surface area contributed by atoms with Gasteiger partial charge in [-0.1, -0.05) is 64.2 Å². The van der Waals surface area contributed by atoms with E-state index in [4.69, 9.17) is 47.4 Å². The minimum Gasteiger partial charge on any atom is -0.462 e. The van der Waals surface area contributed by atoms with Crippen LogP contribution in [0.25, 0.3) is 0 Å². The number of aliphatic hydroxyl groups is 3. The van der Waals surface area contributed by atoms with Gasteiger partial charge in [-0.25, -0.2) is 0 Å². The number of allylic oxidation sites excluding steroid dienone is 2. The summed E-state index contributed by atoms with van der Waals surface area (Å²) in [6.45, 7) is 16.4. The van der Waals surface area contributed by atoms with Crippen molar-refractivity contribution in [3.05, 3.63) is 59.3 Å². The average Bonchev–Trinajstić information content (AvgIpc) is 3.60. The summed E-state index contributed by atoms with van der Waals surface area (Å²) in [5, 5.41) is 33.2. The molecule has 14 heteroatoms. The molecule has 4 fully saturated rings. The van der Waals surface area contributed by atoms with Crippen molar-refractivity contribution in [2.24, 2.45) is 29.6 Å². The van der Waals surface area contributed by atoms with Crippen molar-refractivity contribution in [2.45, 2.75) is 191 Å². The zero-order valence-corrected chi connectivity index (χ0v) is 39.6. The van der Waals surface area contributed by atoms with Crippen molar-refractivity contribution in [2.75, 3.05) is 27.4 Å². The number of carbonyl (C=O) groups is 1. The predicted molar refractivity (Wildman–Crippen MR) is 236 cm³/mol. The largest absolute Gasteiger partial charge is 0.462 e. The SMILES string of the molecule is CO[C@H]1C[C@H](O[C@H]2[C@H](C)O[C@@H](O[C@@H]3/C(C)=C/C[C@@H]4C[C@@H](C[C@]5(C=C[C@H](C)[C@@H](C(C)C)O5)O4)OC(=O)[C@@H]4C=C(C)[C@@H](O)[C@H]5OC/C(=C\C=C\[C@@H]3C)[C@]54O)C[C@@H]2OC)O[C@@H](C)[C@@H]1CCCO. The number of fused-ring (bicyclic) bond motifs is 2. The Morgan fingerprint density at radius 1 is 0.891 bits per heavy atom. The molecule has 7 rings (SSSR count). The molecule has 1 aliphatic carbocycles. The van der Waals surface area contributed by atoms with Gasteiger partial charge in [-0.3, -0.25) is 4.79 Å². The van der Waals surface area contributed by atoms with Crippen molar-refractivity contribution < 1.29 is 67.5 Å². The van der Waals surface area contributed by atoms with Gasteiger partial charge in [0, 0.05) is 64.3 Å². The minimum absolute atomic E-state index is 0.0350. The first-order chi connectivity index (χ1) is 30.5. The molecule has 6 aliphatic heterocycles. The van der Waals surface area contributed by atoms with E-state index in [1.165, 1.54) is 0 Å². The summed E-state index contributed by atoms with van der Waals surface area (Å²) in [6.07, 6.45) is 11.0. The Labute approximate surface area is 380 Å². The maximum atomic E-state index is 14.3. The molecule has 19 atom stereocenters. The third kappa shape index (κ3) is 10.4. The molecule has 0 aromatic carbocycles. The predicted octanol–water partition coefficient (Wildman–Crippen LogP) is 6.02. The molecule has 0 radical (unpaired) electrons. The summed E-state index contributed by atoms with van der Waals surface area (Å²) in [6, 6.07) is 0. The monoisotopic (exact) mass is 901 g/mol. The van der Waals surface area contributed by atoms with Crippen molar-refractivity contribution in [3.8, 4) is 0 Å². The topological polar surface area (TPSA) is 170 Å². The fourth-order valence-electron chi connectivity index (χ4n) is 11.3. The second kappa shape index (κ2) is 20.9. The molecule has 2 bridgehead atoms. The highest BCUT2D eigenvalue weighted by Gasteiger charge is 2.60. The van der Waals surface area contributed by atoms with Crippen LogP contribution in [0.5, 0.6) is 0 Å². The molecule has 4 saturated heterocycles. The fraction of sp³-hybridized carbons (Fsp3) is 0.780. The zero-order valence-electron chi connectivity index (χ0n) is 39.6. The van der Waals surface area contributed by atoms with Gasteiger partial charge >= 0.3 is 5.97 Å². The van der Waals surface area contributed by atoms with Gasteiger partial charge in [-0.05, 0) is 75.7 Å². The second-order valence-electron chi connectivity index (χ2n) is 19.9. The Morgan fingerprint density at radius 3 is 2.33 bits per heavy atom. The number of hydrogen-bond acceptors (Lipinski definition) is 14. The lowest BCUT2D eigenvalue weighted by atomic mass is 9.71.